The summed E-state index contributed by atoms with van der Waals surface area (Å²) in [7, 11) is 0. The van der Waals surface area contributed by atoms with Gasteiger partial charge in [-0.3, -0.25) is 20.8 Å². The summed E-state index contributed by atoms with van der Waals surface area (Å²) in [4.78, 5) is 6.30. The standard InChI is InChI=1S/C32H21N4S.Ir/c1-2-35-27-13-6-5-9-22(27)24-18-20(14-15-28(24)35)25-11-7-12-26(34-25)32-31-23-10-4-3-8-21(23)29-16-17-33-36(29)30(31)19-37-32;/h3-18H,2H2,1H3;/q-1;. The zero-order valence-electron chi connectivity index (χ0n) is 20.5. The van der Waals surface area contributed by atoms with Gasteiger partial charge in [-0.05, 0) is 54.2 Å². The molecule has 8 rings (SSSR count). The third-order valence-corrected chi connectivity index (χ3v) is 8.32. The van der Waals surface area contributed by atoms with E-state index in [9.17, 15) is 0 Å². The average Bonchev–Trinajstić information content (AvgIpc) is 3.69. The van der Waals surface area contributed by atoms with Crippen LogP contribution in [0, 0.1) is 5.38 Å². The smallest absolute Gasteiger partial charge is 0.0711 e. The van der Waals surface area contributed by atoms with E-state index in [2.05, 4.69) is 113 Å². The molecular formula is C32H21IrN4S-. The van der Waals surface area contributed by atoms with Crippen molar-refractivity contribution in [2.45, 2.75) is 13.5 Å². The van der Waals surface area contributed by atoms with Crippen LogP contribution in [0.2, 0.25) is 0 Å². The molecule has 0 unspecified atom stereocenters. The predicted molar refractivity (Wildman–Crippen MR) is 154 cm³/mol. The van der Waals surface area contributed by atoms with Crippen molar-refractivity contribution in [3.8, 4) is 21.8 Å². The fourth-order valence-corrected chi connectivity index (χ4v) is 6.69. The number of hydrogen-bond donors (Lipinski definition) is 0. The first-order chi connectivity index (χ1) is 18.3. The van der Waals surface area contributed by atoms with Crippen LogP contribution < -0.4 is 0 Å². The van der Waals surface area contributed by atoms with Crippen LogP contribution in [0.5, 0.6) is 0 Å². The van der Waals surface area contributed by atoms with Crippen LogP contribution in [0.25, 0.3) is 70.8 Å². The minimum atomic E-state index is 0. The van der Waals surface area contributed by atoms with Gasteiger partial charge in [-0.2, -0.15) is 5.10 Å². The van der Waals surface area contributed by atoms with E-state index in [1.54, 1.807) is 11.3 Å². The number of aromatic nitrogens is 4. The van der Waals surface area contributed by atoms with Crippen LogP contribution in [-0.2, 0) is 26.7 Å². The average molecular weight is 686 g/mol. The number of hydrogen-bond acceptors (Lipinski definition) is 3. The van der Waals surface area contributed by atoms with Crippen LogP contribution in [-0.4, -0.2) is 19.2 Å². The number of rotatable bonds is 3. The molecule has 0 aliphatic heterocycles. The minimum Gasteiger partial charge on any atom is -0.341 e. The Morgan fingerprint density at radius 3 is 2.32 bits per heavy atom. The van der Waals surface area contributed by atoms with Gasteiger partial charge in [0.25, 0.3) is 0 Å². The minimum absolute atomic E-state index is 0. The van der Waals surface area contributed by atoms with E-state index < -0.39 is 0 Å². The summed E-state index contributed by atoms with van der Waals surface area (Å²) < 4.78 is 4.38. The van der Waals surface area contributed by atoms with Crippen molar-refractivity contribution in [2.75, 3.05) is 0 Å². The molecule has 3 aromatic carbocycles. The molecule has 0 N–H and O–H groups in total. The van der Waals surface area contributed by atoms with E-state index in [0.717, 1.165) is 44.8 Å². The second-order valence-corrected chi connectivity index (χ2v) is 10.1. The zero-order valence-corrected chi connectivity index (χ0v) is 23.7. The summed E-state index contributed by atoms with van der Waals surface area (Å²) in [5.74, 6) is 0. The van der Waals surface area contributed by atoms with Crippen LogP contribution >= 0.6 is 11.3 Å². The molecule has 0 fully saturated rings. The van der Waals surface area contributed by atoms with Gasteiger partial charge in [0, 0.05) is 65.9 Å². The maximum absolute atomic E-state index is 5.18. The zero-order chi connectivity index (χ0) is 24.5. The molecule has 6 heteroatoms. The van der Waals surface area contributed by atoms with E-state index in [4.69, 9.17) is 4.98 Å². The first kappa shape index (κ1) is 23.3. The SMILES string of the molecule is CCn1c2ccccc2c2cc(-c3cccc(-c4s[c-]c5c4c4ccccc4c4ccnn54)n3)ccc21.[Ir]. The Morgan fingerprint density at radius 2 is 1.47 bits per heavy atom. The fraction of sp³-hybridized carbons (Fsp3) is 0.0625. The van der Waals surface area contributed by atoms with Gasteiger partial charge in [0.2, 0.25) is 0 Å². The maximum Gasteiger partial charge on any atom is 0.0711 e. The van der Waals surface area contributed by atoms with E-state index in [-0.39, 0.29) is 20.1 Å². The first-order valence-electron chi connectivity index (χ1n) is 12.5. The Balaban J connectivity index is 0.00000242. The first-order valence-corrected chi connectivity index (χ1v) is 13.3. The molecule has 0 aliphatic carbocycles. The summed E-state index contributed by atoms with van der Waals surface area (Å²) in [6, 6.07) is 32.3. The number of nitrogens with zero attached hydrogens (tertiary/aromatic N) is 4. The van der Waals surface area contributed by atoms with Crippen molar-refractivity contribution in [3.63, 3.8) is 0 Å². The molecule has 0 saturated heterocycles. The van der Waals surface area contributed by atoms with Crippen LogP contribution in [0.15, 0.2) is 97.2 Å². The van der Waals surface area contributed by atoms with Crippen LogP contribution in [0.4, 0.5) is 0 Å². The number of benzene rings is 3. The Hall–Kier alpha value is -3.83. The topological polar surface area (TPSA) is 35.1 Å². The second kappa shape index (κ2) is 8.88. The molecule has 0 aliphatic rings. The van der Waals surface area contributed by atoms with Crippen molar-refractivity contribution in [2.24, 2.45) is 0 Å². The summed E-state index contributed by atoms with van der Waals surface area (Å²) in [5.41, 5.74) is 7.69. The molecule has 0 amide bonds. The van der Waals surface area contributed by atoms with Gasteiger partial charge in [0.15, 0.2) is 0 Å². The number of aryl methyl sites for hydroxylation is 1. The van der Waals surface area contributed by atoms with Crippen molar-refractivity contribution in [1.29, 1.82) is 0 Å². The monoisotopic (exact) mass is 686 g/mol. The second-order valence-electron chi connectivity index (χ2n) is 9.33. The quantitative estimate of drug-likeness (QED) is 0.175. The van der Waals surface area contributed by atoms with Gasteiger partial charge >= 0.3 is 0 Å². The van der Waals surface area contributed by atoms with Gasteiger partial charge in [-0.25, -0.2) is 0 Å². The van der Waals surface area contributed by atoms with Crippen LogP contribution in [0.1, 0.15) is 6.92 Å². The number of pyridine rings is 2. The van der Waals surface area contributed by atoms with Crippen molar-refractivity contribution < 1.29 is 20.1 Å². The molecule has 0 spiro atoms. The molecule has 5 heterocycles. The molecular weight excluding hydrogens is 665 g/mol. The fourth-order valence-electron chi connectivity index (χ4n) is 5.77. The van der Waals surface area contributed by atoms with Gasteiger partial charge in [-0.15, -0.1) is 5.39 Å². The van der Waals surface area contributed by atoms with Gasteiger partial charge in [0.05, 0.1) is 11.2 Å². The van der Waals surface area contributed by atoms with Crippen molar-refractivity contribution in [1.82, 2.24) is 19.2 Å². The number of thiophene rings is 1. The molecule has 185 valence electrons. The maximum atomic E-state index is 5.18. The van der Waals surface area contributed by atoms with E-state index in [1.165, 1.54) is 32.6 Å². The molecule has 0 bridgehead atoms. The molecule has 5 aromatic heterocycles. The molecule has 38 heavy (non-hydrogen) atoms. The van der Waals surface area contributed by atoms with Gasteiger partial charge in [0.1, 0.15) is 0 Å². The Kier molecular flexibility index (Phi) is 5.45. The van der Waals surface area contributed by atoms with E-state index in [1.807, 2.05) is 10.7 Å². The normalized spacial score (nSPS) is 11.7. The number of para-hydroxylation sites is 1. The summed E-state index contributed by atoms with van der Waals surface area (Å²) in [6.45, 7) is 3.14. The van der Waals surface area contributed by atoms with Crippen molar-refractivity contribution in [3.05, 3.63) is 103 Å². The molecule has 8 aromatic rings. The molecule has 0 saturated carbocycles. The van der Waals surface area contributed by atoms with Crippen molar-refractivity contribution >= 4 is 60.3 Å². The molecule has 1 radical (unpaired) electrons. The third-order valence-electron chi connectivity index (χ3n) is 7.41. The Labute approximate surface area is 236 Å². The van der Waals surface area contributed by atoms with E-state index in [0.29, 0.717) is 0 Å². The van der Waals surface area contributed by atoms with E-state index >= 15 is 0 Å². The van der Waals surface area contributed by atoms with Gasteiger partial charge in [-0.1, -0.05) is 70.2 Å². The summed E-state index contributed by atoms with van der Waals surface area (Å²) in [6.07, 6.45) is 1.86. The summed E-state index contributed by atoms with van der Waals surface area (Å²) >= 11 is 1.61. The van der Waals surface area contributed by atoms with Gasteiger partial charge < -0.3 is 4.57 Å². The number of fused-ring (bicyclic) bond motifs is 9. The largest absolute Gasteiger partial charge is 0.341 e. The molecule has 4 nitrogen and oxygen atoms in total. The molecule has 0 atom stereocenters. The predicted octanol–water partition coefficient (Wildman–Crippen LogP) is 8.36. The van der Waals surface area contributed by atoms with Crippen LogP contribution in [0.3, 0.4) is 0 Å². The Bertz CT molecular complexity index is 2150. The Morgan fingerprint density at radius 1 is 0.737 bits per heavy atom. The third kappa shape index (κ3) is 3.24. The summed E-state index contributed by atoms with van der Waals surface area (Å²) in [5, 5.41) is 14.2.